The topological polar surface area (TPSA) is 79.3 Å². The summed E-state index contributed by atoms with van der Waals surface area (Å²) in [6.45, 7) is 4.21. The van der Waals surface area contributed by atoms with Crippen LogP contribution in [-0.2, 0) is 19.7 Å². The number of esters is 1. The molecule has 2 aromatic rings. The van der Waals surface area contributed by atoms with Crippen LogP contribution < -0.4 is 4.74 Å². The van der Waals surface area contributed by atoms with E-state index >= 15 is 0 Å². The number of likely N-dealkylation sites (N-methyl/N-ethyl adjacent to an activating group) is 1. The van der Waals surface area contributed by atoms with E-state index < -0.39 is 11.0 Å². The summed E-state index contributed by atoms with van der Waals surface area (Å²) in [6.07, 6.45) is 8.84. The minimum absolute atomic E-state index is 0.0174. The van der Waals surface area contributed by atoms with Crippen LogP contribution in [0.15, 0.2) is 54.6 Å². The van der Waals surface area contributed by atoms with Crippen LogP contribution in [0.25, 0.3) is 6.08 Å². The van der Waals surface area contributed by atoms with Gasteiger partial charge in [0.05, 0.1) is 7.11 Å². The summed E-state index contributed by atoms with van der Waals surface area (Å²) in [4.78, 5) is 30.2. The summed E-state index contributed by atoms with van der Waals surface area (Å²) >= 11 is 0. The molecule has 3 aliphatic rings. The second-order valence-corrected chi connectivity index (χ2v) is 11.6. The first-order chi connectivity index (χ1) is 18.7. The average molecular weight is 533 g/mol. The normalized spacial score (nSPS) is 27.1. The Morgan fingerprint density at radius 2 is 1.92 bits per heavy atom. The molecular formula is C32H40N2O5. The highest BCUT2D eigenvalue weighted by Gasteiger charge is 2.61. The molecule has 2 aromatic carbocycles. The fraction of sp³-hybridized carbons (Fsp3) is 0.500. The summed E-state index contributed by atoms with van der Waals surface area (Å²) in [5, 5.41) is 9.75. The Balaban J connectivity index is 1.46. The molecule has 39 heavy (non-hydrogen) atoms. The maximum Gasteiger partial charge on any atom is 0.303 e. The third kappa shape index (κ3) is 5.69. The van der Waals surface area contributed by atoms with Gasteiger partial charge in [0.15, 0.2) is 0 Å². The fourth-order valence-corrected chi connectivity index (χ4v) is 6.83. The number of aromatic hydroxyl groups is 1. The van der Waals surface area contributed by atoms with Gasteiger partial charge in [-0.3, -0.25) is 14.5 Å². The van der Waals surface area contributed by atoms with Gasteiger partial charge in [0, 0.05) is 44.6 Å². The van der Waals surface area contributed by atoms with Crippen molar-refractivity contribution in [3.8, 4) is 11.5 Å². The van der Waals surface area contributed by atoms with Gasteiger partial charge >= 0.3 is 5.97 Å². The lowest BCUT2D eigenvalue weighted by Crippen LogP contribution is -2.68. The lowest BCUT2D eigenvalue weighted by molar-refractivity contribution is -0.190. The van der Waals surface area contributed by atoms with Crippen molar-refractivity contribution in [2.24, 2.45) is 5.92 Å². The molecule has 0 spiro atoms. The minimum atomic E-state index is -0.671. The van der Waals surface area contributed by atoms with Crippen molar-refractivity contribution in [1.82, 2.24) is 9.80 Å². The highest BCUT2D eigenvalue weighted by Crippen LogP contribution is 2.55. The number of benzene rings is 2. The van der Waals surface area contributed by atoms with Gasteiger partial charge in [-0.05, 0) is 92.5 Å². The molecule has 1 aliphatic heterocycles. The number of ether oxygens (including phenoxy) is 2. The van der Waals surface area contributed by atoms with E-state index in [-0.39, 0.29) is 23.7 Å². The number of carbonyl (C=O) groups excluding carboxylic acids is 2. The molecule has 3 fully saturated rings. The van der Waals surface area contributed by atoms with Gasteiger partial charge in [-0.1, -0.05) is 24.3 Å². The number of piperidine rings is 1. The molecule has 3 unspecified atom stereocenters. The van der Waals surface area contributed by atoms with Crippen molar-refractivity contribution in [3.63, 3.8) is 0 Å². The molecule has 208 valence electrons. The Kier molecular flexibility index (Phi) is 7.72. The molecule has 5 rings (SSSR count). The number of carbonyl (C=O) groups is 2. The van der Waals surface area contributed by atoms with Crippen LogP contribution >= 0.6 is 0 Å². The van der Waals surface area contributed by atoms with E-state index in [0.29, 0.717) is 19.4 Å². The summed E-state index contributed by atoms with van der Waals surface area (Å²) in [7, 11) is 3.53. The van der Waals surface area contributed by atoms with Crippen LogP contribution in [-0.4, -0.2) is 72.2 Å². The van der Waals surface area contributed by atoms with Gasteiger partial charge < -0.3 is 19.5 Å². The van der Waals surface area contributed by atoms with Crippen LogP contribution in [0.5, 0.6) is 11.5 Å². The molecule has 1 amide bonds. The highest BCUT2D eigenvalue weighted by atomic mass is 16.6. The van der Waals surface area contributed by atoms with Crippen LogP contribution in [0.3, 0.4) is 0 Å². The molecule has 2 aliphatic carbocycles. The third-order valence-electron chi connectivity index (χ3n) is 9.03. The van der Waals surface area contributed by atoms with E-state index in [0.717, 1.165) is 48.7 Å². The molecule has 2 saturated carbocycles. The largest absolute Gasteiger partial charge is 0.508 e. The number of methoxy groups -OCH3 is 1. The van der Waals surface area contributed by atoms with Gasteiger partial charge in [0.2, 0.25) is 5.91 Å². The van der Waals surface area contributed by atoms with Gasteiger partial charge in [0.1, 0.15) is 17.1 Å². The predicted octanol–water partition coefficient (Wildman–Crippen LogP) is 4.78. The molecular weight excluding hydrogens is 492 g/mol. The van der Waals surface area contributed by atoms with Crippen molar-refractivity contribution < 1.29 is 24.2 Å². The van der Waals surface area contributed by atoms with Crippen molar-refractivity contribution in [1.29, 1.82) is 0 Å². The zero-order chi connectivity index (χ0) is 27.6. The Morgan fingerprint density at radius 3 is 2.64 bits per heavy atom. The molecule has 0 bridgehead atoms. The quantitative estimate of drug-likeness (QED) is 0.389. The number of hydrogen-bond acceptors (Lipinski definition) is 6. The van der Waals surface area contributed by atoms with Crippen molar-refractivity contribution in [2.75, 3.05) is 33.8 Å². The van der Waals surface area contributed by atoms with E-state index in [4.69, 9.17) is 9.47 Å². The Bertz CT molecular complexity index is 1240. The summed E-state index contributed by atoms with van der Waals surface area (Å²) < 4.78 is 12.0. The molecule has 0 aromatic heterocycles. The maximum absolute atomic E-state index is 13.3. The number of likely N-dealkylation sites (tertiary alicyclic amines) is 1. The van der Waals surface area contributed by atoms with E-state index in [1.807, 2.05) is 30.1 Å². The van der Waals surface area contributed by atoms with Crippen LogP contribution in [0, 0.1) is 5.92 Å². The smallest absolute Gasteiger partial charge is 0.303 e. The third-order valence-corrected chi connectivity index (χ3v) is 9.03. The number of phenols is 1. The first-order valence-corrected chi connectivity index (χ1v) is 14.0. The monoisotopic (exact) mass is 532 g/mol. The van der Waals surface area contributed by atoms with E-state index in [1.165, 1.54) is 19.8 Å². The van der Waals surface area contributed by atoms with Crippen LogP contribution in [0.2, 0.25) is 0 Å². The second-order valence-electron chi connectivity index (χ2n) is 11.6. The number of nitrogens with zero attached hydrogens (tertiary/aromatic N) is 2. The fourth-order valence-electron chi connectivity index (χ4n) is 6.83. The molecule has 7 heteroatoms. The second kappa shape index (κ2) is 11.0. The number of rotatable bonds is 8. The molecule has 1 saturated heterocycles. The van der Waals surface area contributed by atoms with Crippen LogP contribution in [0.4, 0.5) is 0 Å². The first kappa shape index (κ1) is 27.3. The number of fused-ring (bicyclic) bond motifs is 1. The van der Waals surface area contributed by atoms with E-state index in [9.17, 15) is 14.7 Å². The summed E-state index contributed by atoms with van der Waals surface area (Å²) in [5.74, 6) is 1.35. The summed E-state index contributed by atoms with van der Waals surface area (Å²) in [6, 6.07) is 15.0. The SMILES string of the molecule is COc1cccc(C23CCN(CC4CC4)CC2(OC(C)=O)CCC(N(C)C(=O)/C=C/c2cccc(O)c2)C3)c1. The van der Waals surface area contributed by atoms with Gasteiger partial charge in [-0.15, -0.1) is 0 Å². The Hall–Kier alpha value is -3.32. The van der Waals surface area contributed by atoms with Gasteiger partial charge in [-0.2, -0.15) is 0 Å². The first-order valence-electron chi connectivity index (χ1n) is 14.0. The zero-order valence-electron chi connectivity index (χ0n) is 23.3. The lowest BCUT2D eigenvalue weighted by atomic mass is 9.55. The minimum Gasteiger partial charge on any atom is -0.508 e. The van der Waals surface area contributed by atoms with Gasteiger partial charge in [0.25, 0.3) is 0 Å². The number of amides is 1. The van der Waals surface area contributed by atoms with E-state index in [1.54, 1.807) is 37.5 Å². The molecule has 1 N–H and O–H groups in total. The predicted molar refractivity (Wildman–Crippen MR) is 150 cm³/mol. The number of phenolic OH excluding ortho intramolecular Hbond substituents is 1. The van der Waals surface area contributed by atoms with Crippen molar-refractivity contribution >= 4 is 18.0 Å². The van der Waals surface area contributed by atoms with Gasteiger partial charge in [-0.25, -0.2) is 0 Å². The Labute approximate surface area is 231 Å². The Morgan fingerprint density at radius 1 is 1.13 bits per heavy atom. The molecule has 1 heterocycles. The lowest BCUT2D eigenvalue weighted by Gasteiger charge is -2.60. The van der Waals surface area contributed by atoms with Crippen LogP contribution in [0.1, 0.15) is 56.6 Å². The summed E-state index contributed by atoms with van der Waals surface area (Å²) in [5.41, 5.74) is 0.760. The standard InChI is InChI=1S/C32H40N2O5/c1-23(35)39-32-15-14-27(33(2)30(37)13-12-24-6-4-8-28(36)18-24)20-31(32,26-7-5-9-29(19-26)38-3)16-17-34(22-32)21-25-10-11-25/h4-9,12-13,18-19,25,27,36H,10-11,14-17,20-22H2,1-3H3/b13-12+. The molecule has 7 nitrogen and oxygen atoms in total. The number of hydrogen-bond donors (Lipinski definition) is 1. The zero-order valence-corrected chi connectivity index (χ0v) is 23.3. The van der Waals surface area contributed by atoms with Crippen molar-refractivity contribution in [2.45, 2.75) is 62.5 Å². The molecule has 3 atom stereocenters. The highest BCUT2D eigenvalue weighted by molar-refractivity contribution is 5.91. The average Bonchev–Trinajstić information content (AvgIpc) is 3.74. The molecule has 0 radical (unpaired) electrons. The maximum atomic E-state index is 13.3. The van der Waals surface area contributed by atoms with Crippen molar-refractivity contribution in [3.05, 3.63) is 65.7 Å². The van der Waals surface area contributed by atoms with E-state index in [2.05, 4.69) is 17.0 Å².